The van der Waals surface area contributed by atoms with E-state index < -0.39 is 11.6 Å². The maximum absolute atomic E-state index is 13.5. The Labute approximate surface area is 131 Å². The molecule has 0 amide bonds. The molecule has 0 aromatic heterocycles. The molecule has 1 aliphatic heterocycles. The Morgan fingerprint density at radius 1 is 1.04 bits per heavy atom. The number of oxime groups is 1. The molecule has 0 fully saturated rings. The highest BCUT2D eigenvalue weighted by Crippen LogP contribution is 2.16. The van der Waals surface area contributed by atoms with Crippen LogP contribution >= 0.6 is 0 Å². The topological polar surface area (TPSA) is 38.2 Å². The van der Waals surface area contributed by atoms with Gasteiger partial charge in [0.1, 0.15) is 30.5 Å². The lowest BCUT2D eigenvalue weighted by atomic mass is 10.0. The first-order valence-corrected chi connectivity index (χ1v) is 7.36. The average molecular weight is 321 g/mol. The molecule has 0 unspecified atom stereocenters. The minimum atomic E-state index is -0.581. The van der Waals surface area contributed by atoms with Gasteiger partial charge in [-0.15, -0.1) is 0 Å². The summed E-state index contributed by atoms with van der Waals surface area (Å²) in [7, 11) is 0. The van der Waals surface area contributed by atoms with Crippen LogP contribution in [0.15, 0.2) is 47.6 Å². The minimum Gasteiger partial charge on any atom is -0.386 e. The first-order chi connectivity index (χ1) is 11.1. The Bertz CT molecular complexity index is 716. The third-order valence-corrected chi connectivity index (χ3v) is 3.72. The van der Waals surface area contributed by atoms with Crippen molar-refractivity contribution in [3.63, 3.8) is 0 Å². The van der Waals surface area contributed by atoms with Gasteiger partial charge in [0.2, 0.25) is 0 Å². The lowest BCUT2D eigenvalue weighted by molar-refractivity contribution is -0.676. The highest BCUT2D eigenvalue weighted by atomic mass is 19.1. The molecular formula is C17H16F3N2O+. The Morgan fingerprint density at radius 2 is 1.78 bits per heavy atom. The van der Waals surface area contributed by atoms with Crippen molar-refractivity contribution < 1.29 is 23.3 Å². The van der Waals surface area contributed by atoms with E-state index in [1.807, 2.05) is 5.32 Å². The number of nitrogens with two attached hydrogens (primary N) is 1. The Kier molecular flexibility index (Phi) is 4.62. The average Bonchev–Trinajstić information content (AvgIpc) is 2.99. The summed E-state index contributed by atoms with van der Waals surface area (Å²) in [5.41, 5.74) is 2.05. The largest absolute Gasteiger partial charge is 0.386 e. The minimum absolute atomic E-state index is 0.112. The summed E-state index contributed by atoms with van der Waals surface area (Å²) in [6.07, 6.45) is 0.507. The molecular weight excluding hydrogens is 305 g/mol. The van der Waals surface area contributed by atoms with Crippen LogP contribution in [0.2, 0.25) is 0 Å². The second-order valence-corrected chi connectivity index (χ2v) is 5.44. The highest BCUT2D eigenvalue weighted by Gasteiger charge is 2.23. The zero-order valence-electron chi connectivity index (χ0n) is 12.3. The lowest BCUT2D eigenvalue weighted by Gasteiger charge is -2.07. The van der Waals surface area contributed by atoms with E-state index >= 15 is 0 Å². The molecule has 0 aliphatic carbocycles. The summed E-state index contributed by atoms with van der Waals surface area (Å²) in [6.45, 7) is 1.00. The van der Waals surface area contributed by atoms with Gasteiger partial charge in [-0.2, -0.15) is 0 Å². The van der Waals surface area contributed by atoms with Gasteiger partial charge in [-0.1, -0.05) is 17.3 Å². The van der Waals surface area contributed by atoms with E-state index in [-0.39, 0.29) is 11.9 Å². The predicted octanol–water partition coefficient (Wildman–Crippen LogP) is 2.36. The molecule has 0 radical (unpaired) electrons. The van der Waals surface area contributed by atoms with Crippen LogP contribution < -0.4 is 5.32 Å². The number of hydrogen-bond donors (Lipinski definition) is 1. The van der Waals surface area contributed by atoms with Crippen molar-refractivity contribution in [1.82, 2.24) is 0 Å². The number of benzene rings is 2. The third kappa shape index (κ3) is 3.90. The van der Waals surface area contributed by atoms with Gasteiger partial charge in [0, 0.05) is 18.1 Å². The smallest absolute Gasteiger partial charge is 0.181 e. The molecule has 1 aliphatic rings. The first kappa shape index (κ1) is 15.6. The van der Waals surface area contributed by atoms with E-state index in [9.17, 15) is 13.2 Å². The van der Waals surface area contributed by atoms with Gasteiger partial charge in [-0.05, 0) is 29.8 Å². The predicted molar refractivity (Wildman–Crippen MR) is 79.3 cm³/mol. The monoisotopic (exact) mass is 321 g/mol. The van der Waals surface area contributed by atoms with Crippen molar-refractivity contribution in [2.24, 2.45) is 5.16 Å². The van der Waals surface area contributed by atoms with Gasteiger partial charge in [-0.25, -0.2) is 13.2 Å². The van der Waals surface area contributed by atoms with Crippen LogP contribution in [-0.2, 0) is 11.4 Å². The van der Waals surface area contributed by atoms with E-state index in [1.165, 1.54) is 24.3 Å². The van der Waals surface area contributed by atoms with Crippen molar-refractivity contribution >= 4 is 5.71 Å². The Hall–Kier alpha value is -2.34. The van der Waals surface area contributed by atoms with Gasteiger partial charge in [0.05, 0.1) is 5.71 Å². The lowest BCUT2D eigenvalue weighted by Crippen LogP contribution is -2.84. The zero-order chi connectivity index (χ0) is 16.2. The number of nitrogens with zero attached hydrogens (tertiary/aromatic N) is 1. The molecule has 0 saturated heterocycles. The maximum Gasteiger partial charge on any atom is 0.181 e. The van der Waals surface area contributed by atoms with Gasteiger partial charge < -0.3 is 10.2 Å². The van der Waals surface area contributed by atoms with Gasteiger partial charge >= 0.3 is 0 Å². The van der Waals surface area contributed by atoms with Crippen molar-refractivity contribution in [3.8, 4) is 0 Å². The Balaban J connectivity index is 1.49. The van der Waals surface area contributed by atoms with E-state index in [1.54, 1.807) is 12.1 Å². The number of halogens is 3. The maximum atomic E-state index is 13.5. The summed E-state index contributed by atoms with van der Waals surface area (Å²) in [5, 5.41) is 5.92. The Morgan fingerprint density at radius 3 is 2.52 bits per heavy atom. The van der Waals surface area contributed by atoms with Crippen LogP contribution in [0.1, 0.15) is 17.5 Å². The molecule has 3 nitrogen and oxygen atoms in total. The molecule has 0 saturated carbocycles. The molecule has 3 rings (SSSR count). The molecule has 2 aromatic carbocycles. The van der Waals surface area contributed by atoms with Crippen LogP contribution in [0.4, 0.5) is 13.2 Å². The quantitative estimate of drug-likeness (QED) is 0.902. The summed E-state index contributed by atoms with van der Waals surface area (Å²) in [6, 6.07) is 9.66. The fourth-order valence-electron chi connectivity index (χ4n) is 2.48. The van der Waals surface area contributed by atoms with Crippen LogP contribution in [0.5, 0.6) is 0 Å². The van der Waals surface area contributed by atoms with Gasteiger partial charge in [0.25, 0.3) is 0 Å². The zero-order valence-corrected chi connectivity index (χ0v) is 12.3. The van der Waals surface area contributed by atoms with Crippen LogP contribution in [0.3, 0.4) is 0 Å². The first-order valence-electron chi connectivity index (χ1n) is 7.36. The standard InChI is InChI=1S/C17H15F3N2O/c18-13-4-1-11(2-5-13)17-8-15(23-22-17)10-21-9-12-3-6-14(19)7-16(12)20/h1-7,15,21H,8-10H2/p+1/t15-/m1/s1. The molecule has 0 spiro atoms. The number of hydrogen-bond acceptors (Lipinski definition) is 2. The molecule has 1 heterocycles. The fourth-order valence-corrected chi connectivity index (χ4v) is 2.48. The van der Waals surface area contributed by atoms with Crippen LogP contribution in [0.25, 0.3) is 0 Å². The van der Waals surface area contributed by atoms with E-state index in [2.05, 4.69) is 5.16 Å². The summed E-state index contributed by atoms with van der Waals surface area (Å²) >= 11 is 0. The molecule has 120 valence electrons. The SMILES string of the molecule is Fc1ccc(C2=NO[C@@H](C[NH2+]Cc3ccc(F)cc3F)C2)cc1. The van der Waals surface area contributed by atoms with E-state index in [4.69, 9.17) is 4.84 Å². The van der Waals surface area contributed by atoms with E-state index in [0.717, 1.165) is 17.3 Å². The highest BCUT2D eigenvalue weighted by molar-refractivity contribution is 6.01. The fraction of sp³-hybridized carbons (Fsp3) is 0.235. The molecule has 2 N–H and O–H groups in total. The van der Waals surface area contributed by atoms with Gasteiger partial charge in [-0.3, -0.25) is 0 Å². The normalized spacial score (nSPS) is 17.0. The number of rotatable bonds is 5. The summed E-state index contributed by atoms with van der Waals surface area (Å²) in [4.78, 5) is 5.35. The van der Waals surface area contributed by atoms with Crippen molar-refractivity contribution in [3.05, 3.63) is 71.0 Å². The van der Waals surface area contributed by atoms with Crippen molar-refractivity contribution in [1.29, 1.82) is 0 Å². The number of quaternary nitrogens is 1. The van der Waals surface area contributed by atoms with Crippen LogP contribution in [0, 0.1) is 17.5 Å². The summed E-state index contributed by atoms with van der Waals surface area (Å²) in [5.74, 6) is -1.42. The van der Waals surface area contributed by atoms with Crippen LogP contribution in [-0.4, -0.2) is 18.4 Å². The van der Waals surface area contributed by atoms with Crippen molar-refractivity contribution in [2.45, 2.75) is 19.1 Å². The molecule has 6 heteroatoms. The molecule has 1 atom stereocenters. The van der Waals surface area contributed by atoms with Crippen molar-refractivity contribution in [2.75, 3.05) is 6.54 Å². The van der Waals surface area contributed by atoms with E-state index in [0.29, 0.717) is 25.1 Å². The second-order valence-electron chi connectivity index (χ2n) is 5.44. The molecule has 0 bridgehead atoms. The molecule has 23 heavy (non-hydrogen) atoms. The van der Waals surface area contributed by atoms with Gasteiger partial charge in [0.15, 0.2) is 6.10 Å². The summed E-state index contributed by atoms with van der Waals surface area (Å²) < 4.78 is 39.3. The third-order valence-electron chi connectivity index (χ3n) is 3.72. The molecule has 2 aromatic rings. The second kappa shape index (κ2) is 6.83.